The van der Waals surface area contributed by atoms with Gasteiger partial charge in [-0.2, -0.15) is 0 Å². The zero-order valence-corrected chi connectivity index (χ0v) is 8.58. The summed E-state index contributed by atoms with van der Waals surface area (Å²) < 4.78 is 21.5. The lowest BCUT2D eigenvalue weighted by molar-refractivity contribution is 0.598. The van der Waals surface area contributed by atoms with Crippen LogP contribution in [0, 0.1) is 0 Å². The van der Waals surface area contributed by atoms with E-state index in [2.05, 4.69) is 4.98 Å². The summed E-state index contributed by atoms with van der Waals surface area (Å²) in [5.74, 6) is 0. The van der Waals surface area contributed by atoms with Gasteiger partial charge in [-0.3, -0.25) is 0 Å². The van der Waals surface area contributed by atoms with Crippen LogP contribution in [0.25, 0.3) is 0 Å². The maximum atomic E-state index is 10.8. The van der Waals surface area contributed by atoms with Crippen molar-refractivity contribution in [1.29, 1.82) is 0 Å². The standard InChI is InChI=1S/C6H7NO2S.C2H7N/c1-10(8,9)6-4-2-3-5-7-6;1-2-3/h2-5H,1H3;2-3H2,1H3. The minimum absolute atomic E-state index is 0.120. The topological polar surface area (TPSA) is 73.1 Å². The van der Waals surface area contributed by atoms with E-state index >= 15 is 0 Å². The van der Waals surface area contributed by atoms with E-state index in [0.29, 0.717) is 0 Å². The van der Waals surface area contributed by atoms with Crippen LogP contribution in [0.1, 0.15) is 6.92 Å². The van der Waals surface area contributed by atoms with E-state index in [0.717, 1.165) is 12.8 Å². The third-order valence-corrected chi connectivity index (χ3v) is 2.02. The van der Waals surface area contributed by atoms with Gasteiger partial charge in [0.25, 0.3) is 0 Å². The summed E-state index contributed by atoms with van der Waals surface area (Å²) in [6.45, 7) is 2.65. The Morgan fingerprint density at radius 1 is 1.46 bits per heavy atom. The van der Waals surface area contributed by atoms with Crippen LogP contribution in [0.4, 0.5) is 0 Å². The Hall–Kier alpha value is -0.940. The van der Waals surface area contributed by atoms with Gasteiger partial charge in [-0.1, -0.05) is 13.0 Å². The molecule has 1 aromatic heterocycles. The van der Waals surface area contributed by atoms with Crippen molar-refractivity contribution in [3.8, 4) is 0 Å². The molecule has 0 aliphatic heterocycles. The molecule has 0 saturated heterocycles. The Labute approximate surface area is 78.7 Å². The first-order valence-corrected chi connectivity index (χ1v) is 5.72. The molecule has 0 aromatic carbocycles. The van der Waals surface area contributed by atoms with Crippen molar-refractivity contribution in [3.63, 3.8) is 0 Å². The molecule has 74 valence electrons. The van der Waals surface area contributed by atoms with Crippen molar-refractivity contribution in [2.24, 2.45) is 5.73 Å². The molecule has 5 heteroatoms. The Kier molecular flexibility index (Phi) is 5.25. The molecule has 0 radical (unpaired) electrons. The summed E-state index contributed by atoms with van der Waals surface area (Å²) in [5, 5.41) is 0.120. The van der Waals surface area contributed by atoms with Crippen molar-refractivity contribution in [1.82, 2.24) is 4.98 Å². The minimum atomic E-state index is -3.11. The van der Waals surface area contributed by atoms with Crippen LogP contribution in [-0.4, -0.2) is 26.2 Å². The van der Waals surface area contributed by atoms with Gasteiger partial charge in [0.2, 0.25) is 0 Å². The summed E-state index contributed by atoms with van der Waals surface area (Å²) in [7, 11) is -3.11. The first-order valence-electron chi connectivity index (χ1n) is 3.83. The molecule has 0 amide bonds. The molecule has 0 unspecified atom stereocenters. The second kappa shape index (κ2) is 5.66. The minimum Gasteiger partial charge on any atom is -0.331 e. The molecule has 13 heavy (non-hydrogen) atoms. The van der Waals surface area contributed by atoms with E-state index < -0.39 is 9.84 Å². The zero-order valence-electron chi connectivity index (χ0n) is 7.77. The van der Waals surface area contributed by atoms with E-state index in [4.69, 9.17) is 5.73 Å². The second-order valence-corrected chi connectivity index (χ2v) is 4.31. The molecular formula is C8H14N2O2S. The second-order valence-electron chi connectivity index (χ2n) is 2.35. The molecule has 0 fully saturated rings. The van der Waals surface area contributed by atoms with Crippen molar-refractivity contribution in [2.75, 3.05) is 12.8 Å². The predicted molar refractivity (Wildman–Crippen MR) is 52.1 cm³/mol. The first-order chi connectivity index (χ1) is 6.02. The summed E-state index contributed by atoms with van der Waals surface area (Å²) in [6, 6.07) is 4.79. The fourth-order valence-electron chi connectivity index (χ4n) is 0.566. The largest absolute Gasteiger partial charge is 0.331 e. The molecule has 0 spiro atoms. The Morgan fingerprint density at radius 3 is 2.23 bits per heavy atom. The predicted octanol–water partition coefficient (Wildman–Crippen LogP) is 0.450. The molecular weight excluding hydrogens is 188 g/mol. The van der Waals surface area contributed by atoms with Crippen molar-refractivity contribution in [3.05, 3.63) is 24.4 Å². The van der Waals surface area contributed by atoms with E-state index in [1.165, 1.54) is 12.3 Å². The summed E-state index contributed by atoms with van der Waals surface area (Å²) in [6.07, 6.45) is 2.59. The highest BCUT2D eigenvalue weighted by atomic mass is 32.2. The molecule has 0 aliphatic carbocycles. The highest BCUT2D eigenvalue weighted by Gasteiger charge is 2.05. The number of hydrogen-bond donors (Lipinski definition) is 1. The maximum Gasteiger partial charge on any atom is 0.192 e. The number of hydrogen-bond acceptors (Lipinski definition) is 4. The van der Waals surface area contributed by atoms with Gasteiger partial charge in [-0.25, -0.2) is 13.4 Å². The molecule has 0 atom stereocenters. The van der Waals surface area contributed by atoms with Crippen LogP contribution in [0.3, 0.4) is 0 Å². The highest BCUT2D eigenvalue weighted by Crippen LogP contribution is 2.00. The van der Waals surface area contributed by atoms with Gasteiger partial charge in [0.05, 0.1) is 0 Å². The third-order valence-electron chi connectivity index (χ3n) is 1.02. The lowest BCUT2D eigenvalue weighted by Gasteiger charge is -1.92. The van der Waals surface area contributed by atoms with Crippen LogP contribution in [0.15, 0.2) is 29.4 Å². The number of aromatic nitrogens is 1. The van der Waals surface area contributed by atoms with Gasteiger partial charge in [0.15, 0.2) is 14.9 Å². The average Bonchev–Trinajstić information content (AvgIpc) is 2.06. The number of rotatable bonds is 1. The van der Waals surface area contributed by atoms with E-state index in [1.807, 2.05) is 6.92 Å². The van der Waals surface area contributed by atoms with Crippen LogP contribution in [-0.2, 0) is 9.84 Å². The molecule has 4 nitrogen and oxygen atoms in total. The van der Waals surface area contributed by atoms with Gasteiger partial charge < -0.3 is 5.73 Å². The van der Waals surface area contributed by atoms with Crippen molar-refractivity contribution >= 4 is 9.84 Å². The maximum absolute atomic E-state index is 10.8. The van der Waals surface area contributed by atoms with Crippen LogP contribution in [0.2, 0.25) is 0 Å². The molecule has 1 rings (SSSR count). The van der Waals surface area contributed by atoms with E-state index in [-0.39, 0.29) is 5.03 Å². The van der Waals surface area contributed by atoms with Crippen molar-refractivity contribution < 1.29 is 8.42 Å². The summed E-state index contributed by atoms with van der Waals surface area (Å²) in [4.78, 5) is 3.66. The lowest BCUT2D eigenvalue weighted by Crippen LogP contribution is -1.98. The molecule has 0 aliphatic rings. The number of nitrogens with zero attached hydrogens (tertiary/aromatic N) is 1. The van der Waals surface area contributed by atoms with E-state index in [1.54, 1.807) is 12.1 Å². The monoisotopic (exact) mass is 202 g/mol. The molecule has 2 N–H and O–H groups in total. The number of pyridine rings is 1. The summed E-state index contributed by atoms with van der Waals surface area (Å²) >= 11 is 0. The summed E-state index contributed by atoms with van der Waals surface area (Å²) in [5.41, 5.74) is 4.85. The fourth-order valence-corrected chi connectivity index (χ4v) is 1.14. The lowest BCUT2D eigenvalue weighted by atomic mass is 10.5. The third kappa shape index (κ3) is 5.32. The van der Waals surface area contributed by atoms with E-state index in [9.17, 15) is 8.42 Å². The van der Waals surface area contributed by atoms with Crippen molar-refractivity contribution in [2.45, 2.75) is 11.9 Å². The Balaban J connectivity index is 0.000000424. The average molecular weight is 202 g/mol. The number of nitrogens with two attached hydrogens (primary N) is 1. The van der Waals surface area contributed by atoms with Gasteiger partial charge in [-0.15, -0.1) is 0 Å². The van der Waals surface area contributed by atoms with Gasteiger partial charge in [-0.05, 0) is 18.7 Å². The molecule has 0 bridgehead atoms. The smallest absolute Gasteiger partial charge is 0.192 e. The molecule has 1 heterocycles. The molecule has 0 saturated carbocycles. The number of sulfone groups is 1. The van der Waals surface area contributed by atoms with Gasteiger partial charge in [0, 0.05) is 12.5 Å². The normalized spacial score (nSPS) is 10.1. The zero-order chi connectivity index (χ0) is 10.3. The highest BCUT2D eigenvalue weighted by molar-refractivity contribution is 7.90. The van der Waals surface area contributed by atoms with Gasteiger partial charge >= 0.3 is 0 Å². The molecule has 1 aromatic rings. The van der Waals surface area contributed by atoms with Crippen LogP contribution in [0.5, 0.6) is 0 Å². The van der Waals surface area contributed by atoms with Gasteiger partial charge in [0.1, 0.15) is 0 Å². The van der Waals surface area contributed by atoms with Crippen LogP contribution >= 0.6 is 0 Å². The van der Waals surface area contributed by atoms with Crippen LogP contribution < -0.4 is 5.73 Å². The Morgan fingerprint density at radius 2 is 2.00 bits per heavy atom. The fraction of sp³-hybridized carbons (Fsp3) is 0.375. The SMILES string of the molecule is CCN.CS(=O)(=O)c1ccccn1. The first kappa shape index (κ1) is 12.1. The quantitative estimate of drug-likeness (QED) is 0.717. The Bertz CT molecular complexity index is 321.